The van der Waals surface area contributed by atoms with Crippen LogP contribution < -0.4 is 5.73 Å². The van der Waals surface area contributed by atoms with E-state index in [-0.39, 0.29) is 0 Å². The second-order valence-corrected chi connectivity index (χ2v) is 8.12. The summed E-state index contributed by atoms with van der Waals surface area (Å²) in [6.07, 6.45) is 5.15. The molecule has 0 atom stereocenters. The maximum Gasteiger partial charge on any atom is -0.00258 e. The smallest absolute Gasteiger partial charge is 0.00258 e. The Kier molecular flexibility index (Phi) is 5.52. The highest BCUT2D eigenvalue weighted by Crippen LogP contribution is 2.37. The highest BCUT2D eigenvalue weighted by molar-refractivity contribution is 4.78. The fourth-order valence-electron chi connectivity index (χ4n) is 2.67. The molecule has 0 amide bonds. The Bertz CT molecular complexity index is 196. The van der Waals surface area contributed by atoms with Crippen LogP contribution in [0.2, 0.25) is 0 Å². The Morgan fingerprint density at radius 3 is 1.56 bits per heavy atom. The molecule has 0 bridgehead atoms. The van der Waals surface area contributed by atoms with Crippen LogP contribution in [0.25, 0.3) is 0 Å². The third kappa shape index (κ3) is 8.15. The van der Waals surface area contributed by atoms with Gasteiger partial charge in [-0.1, -0.05) is 54.9 Å². The summed E-state index contributed by atoms with van der Waals surface area (Å²) in [6.45, 7) is 17.1. The van der Waals surface area contributed by atoms with E-state index in [9.17, 15) is 0 Å². The zero-order chi connectivity index (χ0) is 13.0. The van der Waals surface area contributed by atoms with Gasteiger partial charge in [-0.2, -0.15) is 0 Å². The Morgan fingerprint density at radius 2 is 1.19 bits per heavy atom. The average molecular weight is 227 g/mol. The number of nitrogens with two attached hydrogens (primary N) is 1. The molecule has 0 aromatic rings. The monoisotopic (exact) mass is 227 g/mol. The fourth-order valence-corrected chi connectivity index (χ4v) is 2.67. The van der Waals surface area contributed by atoms with Crippen molar-refractivity contribution in [2.45, 2.75) is 74.1 Å². The number of hydrogen-bond acceptors (Lipinski definition) is 1. The van der Waals surface area contributed by atoms with E-state index in [2.05, 4.69) is 48.5 Å². The predicted octanol–water partition coefficient (Wildman–Crippen LogP) is 4.60. The lowest BCUT2D eigenvalue weighted by Gasteiger charge is -2.33. The van der Waals surface area contributed by atoms with Crippen LogP contribution in [0.15, 0.2) is 0 Å². The van der Waals surface area contributed by atoms with Gasteiger partial charge < -0.3 is 5.73 Å². The fraction of sp³-hybridized carbons (Fsp3) is 1.00. The normalized spacial score (nSPS) is 14.2. The highest BCUT2D eigenvalue weighted by Gasteiger charge is 2.26. The Labute approximate surface area is 103 Å². The minimum Gasteiger partial charge on any atom is -0.330 e. The van der Waals surface area contributed by atoms with Crippen molar-refractivity contribution in [2.75, 3.05) is 6.54 Å². The molecule has 0 fully saturated rings. The van der Waals surface area contributed by atoms with Crippen LogP contribution in [0.5, 0.6) is 0 Å². The van der Waals surface area contributed by atoms with Crippen molar-refractivity contribution in [1.82, 2.24) is 0 Å². The number of hydrogen-bond donors (Lipinski definition) is 1. The van der Waals surface area contributed by atoms with E-state index in [1.807, 2.05) is 0 Å². The molecule has 0 aromatic carbocycles. The summed E-state index contributed by atoms with van der Waals surface area (Å²) < 4.78 is 0. The van der Waals surface area contributed by atoms with Gasteiger partial charge in [0, 0.05) is 0 Å². The summed E-state index contributed by atoms with van der Waals surface area (Å²) in [5.41, 5.74) is 6.97. The van der Waals surface area contributed by atoms with Crippen LogP contribution in [0.4, 0.5) is 0 Å². The summed E-state index contributed by atoms with van der Waals surface area (Å²) in [4.78, 5) is 0. The van der Waals surface area contributed by atoms with Crippen molar-refractivity contribution in [1.29, 1.82) is 0 Å². The zero-order valence-corrected chi connectivity index (χ0v) is 12.6. The largest absolute Gasteiger partial charge is 0.330 e. The van der Waals surface area contributed by atoms with Crippen LogP contribution in [-0.4, -0.2) is 6.54 Å². The van der Waals surface area contributed by atoms with Crippen LogP contribution in [0, 0.1) is 16.2 Å². The summed E-state index contributed by atoms with van der Waals surface area (Å²) in [5.74, 6) is 0. The molecule has 0 unspecified atom stereocenters. The topological polar surface area (TPSA) is 26.0 Å². The quantitative estimate of drug-likeness (QED) is 0.705. The third-order valence-electron chi connectivity index (χ3n) is 3.27. The highest BCUT2D eigenvalue weighted by atomic mass is 14.6. The van der Waals surface area contributed by atoms with Gasteiger partial charge in [0.05, 0.1) is 0 Å². The molecule has 98 valence electrons. The maximum atomic E-state index is 5.76. The third-order valence-corrected chi connectivity index (χ3v) is 3.27. The first-order valence-corrected chi connectivity index (χ1v) is 6.68. The first-order chi connectivity index (χ1) is 6.97. The van der Waals surface area contributed by atoms with Gasteiger partial charge in [-0.15, -0.1) is 0 Å². The van der Waals surface area contributed by atoms with E-state index in [1.54, 1.807) is 0 Å². The first kappa shape index (κ1) is 16.0. The molecule has 0 rings (SSSR count). The summed E-state index contributed by atoms with van der Waals surface area (Å²) >= 11 is 0. The van der Waals surface area contributed by atoms with Gasteiger partial charge in [0.25, 0.3) is 0 Å². The van der Waals surface area contributed by atoms with Gasteiger partial charge in [0.15, 0.2) is 0 Å². The van der Waals surface area contributed by atoms with E-state index < -0.39 is 0 Å². The SMILES string of the molecule is CC(C)(C)CC(C)(C)CCCC(C)(C)CN. The Morgan fingerprint density at radius 1 is 0.750 bits per heavy atom. The van der Waals surface area contributed by atoms with E-state index in [0.717, 1.165) is 6.54 Å². The second-order valence-electron chi connectivity index (χ2n) is 8.12. The van der Waals surface area contributed by atoms with Crippen molar-refractivity contribution < 1.29 is 0 Å². The molecule has 16 heavy (non-hydrogen) atoms. The Balaban J connectivity index is 4.01. The standard InChI is InChI=1S/C15H33N/c1-13(2,3)11-14(4,5)9-8-10-15(6,7)12-16/h8-12,16H2,1-7H3. The molecule has 0 aliphatic carbocycles. The van der Waals surface area contributed by atoms with Gasteiger partial charge in [0.2, 0.25) is 0 Å². The molecule has 0 saturated heterocycles. The number of rotatable bonds is 6. The predicted molar refractivity (Wildman–Crippen MR) is 74.5 cm³/mol. The lowest BCUT2D eigenvalue weighted by atomic mass is 9.72. The van der Waals surface area contributed by atoms with E-state index in [4.69, 9.17) is 5.73 Å². The van der Waals surface area contributed by atoms with Crippen molar-refractivity contribution in [2.24, 2.45) is 22.0 Å². The maximum absolute atomic E-state index is 5.76. The lowest BCUT2D eigenvalue weighted by molar-refractivity contribution is 0.185. The molecule has 0 spiro atoms. The van der Waals surface area contributed by atoms with E-state index >= 15 is 0 Å². The van der Waals surface area contributed by atoms with Crippen molar-refractivity contribution in [3.05, 3.63) is 0 Å². The molecular formula is C15H33N. The van der Waals surface area contributed by atoms with Gasteiger partial charge in [-0.25, -0.2) is 0 Å². The van der Waals surface area contributed by atoms with Crippen LogP contribution >= 0.6 is 0 Å². The molecular weight excluding hydrogens is 194 g/mol. The molecule has 0 aliphatic heterocycles. The molecule has 0 aromatic heterocycles. The molecule has 0 saturated carbocycles. The molecule has 1 nitrogen and oxygen atoms in total. The Hall–Kier alpha value is -0.0400. The minimum atomic E-state index is 0.317. The minimum absolute atomic E-state index is 0.317. The van der Waals surface area contributed by atoms with Crippen LogP contribution in [0.3, 0.4) is 0 Å². The molecule has 1 heteroatoms. The van der Waals surface area contributed by atoms with E-state index in [1.165, 1.54) is 25.7 Å². The van der Waals surface area contributed by atoms with Gasteiger partial charge in [-0.3, -0.25) is 0 Å². The van der Waals surface area contributed by atoms with Gasteiger partial charge in [0.1, 0.15) is 0 Å². The molecule has 2 N–H and O–H groups in total. The van der Waals surface area contributed by atoms with E-state index in [0.29, 0.717) is 16.2 Å². The molecule has 0 aliphatic rings. The zero-order valence-electron chi connectivity index (χ0n) is 12.6. The summed E-state index contributed by atoms with van der Waals surface area (Å²) in [6, 6.07) is 0. The van der Waals surface area contributed by atoms with Gasteiger partial charge >= 0.3 is 0 Å². The van der Waals surface area contributed by atoms with Gasteiger partial charge in [-0.05, 0) is 42.1 Å². The van der Waals surface area contributed by atoms with Crippen molar-refractivity contribution in [3.63, 3.8) is 0 Å². The van der Waals surface area contributed by atoms with Crippen molar-refractivity contribution in [3.8, 4) is 0 Å². The summed E-state index contributed by atoms with van der Waals surface area (Å²) in [7, 11) is 0. The first-order valence-electron chi connectivity index (χ1n) is 6.68. The molecule has 0 heterocycles. The van der Waals surface area contributed by atoms with Crippen LogP contribution in [0.1, 0.15) is 74.1 Å². The molecule has 0 radical (unpaired) electrons. The lowest BCUT2D eigenvalue weighted by Crippen LogP contribution is -2.25. The second kappa shape index (κ2) is 5.53. The summed E-state index contributed by atoms with van der Waals surface area (Å²) in [5, 5.41) is 0. The van der Waals surface area contributed by atoms with Crippen LogP contribution in [-0.2, 0) is 0 Å². The average Bonchev–Trinajstić information content (AvgIpc) is 1.98. The van der Waals surface area contributed by atoms with Crippen molar-refractivity contribution >= 4 is 0 Å².